The van der Waals surface area contributed by atoms with Gasteiger partial charge in [0, 0.05) is 36.0 Å². The van der Waals surface area contributed by atoms with Gasteiger partial charge in [0.1, 0.15) is 11.9 Å². The summed E-state index contributed by atoms with van der Waals surface area (Å²) in [5.74, 6) is 2.27. The molecule has 0 fully saturated rings. The van der Waals surface area contributed by atoms with Crippen LogP contribution in [0.25, 0.3) is 0 Å². The summed E-state index contributed by atoms with van der Waals surface area (Å²) in [6.45, 7) is 2.57. The van der Waals surface area contributed by atoms with Crippen molar-refractivity contribution < 1.29 is 33.6 Å². The number of aliphatic hydroxyl groups is 1. The molecular formula is C31H35BrN2O7. The summed E-state index contributed by atoms with van der Waals surface area (Å²) in [6, 6.07) is 18.7. The van der Waals surface area contributed by atoms with Crippen molar-refractivity contribution in [3.63, 3.8) is 0 Å². The normalized spacial score (nSPS) is 17.8. The predicted molar refractivity (Wildman–Crippen MR) is 159 cm³/mol. The second-order valence-electron chi connectivity index (χ2n) is 9.54. The maximum absolute atomic E-state index is 14.0. The predicted octanol–water partition coefficient (Wildman–Crippen LogP) is 4.70. The molecule has 0 aromatic heterocycles. The van der Waals surface area contributed by atoms with E-state index in [4.69, 9.17) is 33.8 Å². The molecule has 0 aliphatic carbocycles. The molecule has 0 bridgehead atoms. The van der Waals surface area contributed by atoms with Crippen molar-refractivity contribution in [1.29, 1.82) is 0 Å². The summed E-state index contributed by atoms with van der Waals surface area (Å²) in [5.41, 5.74) is 1.22. The molecule has 0 radical (unpaired) electrons. The van der Waals surface area contributed by atoms with Gasteiger partial charge in [-0.25, -0.2) is 4.99 Å². The number of hydrogen-bond acceptors (Lipinski definition) is 8. The number of nitrogens with zero attached hydrogens (tertiary/aromatic N) is 1. The largest absolute Gasteiger partial charge is 0.494 e. The number of halogens is 1. The average molecular weight is 628 g/mol. The maximum atomic E-state index is 14.0. The van der Waals surface area contributed by atoms with Gasteiger partial charge in [-0.05, 0) is 60.5 Å². The van der Waals surface area contributed by atoms with Crippen LogP contribution in [-0.4, -0.2) is 63.1 Å². The van der Waals surface area contributed by atoms with E-state index in [1.807, 2.05) is 55.5 Å². The highest BCUT2D eigenvalue weighted by molar-refractivity contribution is 9.10. The Hall–Kier alpha value is -3.76. The lowest BCUT2D eigenvalue weighted by atomic mass is 9.86. The van der Waals surface area contributed by atoms with Crippen molar-refractivity contribution >= 4 is 27.7 Å². The monoisotopic (exact) mass is 626 g/mol. The Bertz CT molecular complexity index is 1350. The van der Waals surface area contributed by atoms with E-state index in [0.717, 1.165) is 21.2 Å². The fourth-order valence-corrected chi connectivity index (χ4v) is 5.07. The molecule has 0 saturated carbocycles. The van der Waals surface area contributed by atoms with E-state index < -0.39 is 11.6 Å². The van der Waals surface area contributed by atoms with Crippen LogP contribution in [0, 0.1) is 0 Å². The van der Waals surface area contributed by atoms with Gasteiger partial charge in [0.05, 0.1) is 27.9 Å². The number of aliphatic hydroxyl groups excluding tert-OH is 1. The Balaban J connectivity index is 1.63. The van der Waals surface area contributed by atoms with Gasteiger partial charge in [0.25, 0.3) is 5.91 Å². The number of carbonyl (C=O) groups excluding carboxylic acids is 1. The topological polar surface area (TPSA) is 108 Å². The number of aliphatic imine (C=N–C) groups is 1. The van der Waals surface area contributed by atoms with Crippen LogP contribution in [0.3, 0.4) is 0 Å². The molecule has 2 N–H and O–H groups in total. The van der Waals surface area contributed by atoms with Crippen LogP contribution in [0.5, 0.6) is 23.0 Å². The highest BCUT2D eigenvalue weighted by atomic mass is 79.9. The lowest BCUT2D eigenvalue weighted by molar-refractivity contribution is -0.128. The number of amides is 1. The number of rotatable bonds is 13. The first kappa shape index (κ1) is 30.2. The van der Waals surface area contributed by atoms with Gasteiger partial charge in [-0.3, -0.25) is 4.79 Å². The number of methoxy groups -OCH3 is 3. The third-order valence-corrected chi connectivity index (χ3v) is 7.70. The smallest absolute Gasteiger partial charge is 0.252 e. The molecule has 0 unspecified atom stereocenters. The van der Waals surface area contributed by atoms with E-state index in [2.05, 4.69) is 21.2 Å². The SMILES string of the molecule is COc1cc(CNC(=O)[C@]2(Cc3ccccc3Br)N=C(c3ccc(OCCCO)cc3)O[C@@H]2C)cc(OC)c1OC. The van der Waals surface area contributed by atoms with E-state index in [0.29, 0.717) is 48.3 Å². The van der Waals surface area contributed by atoms with Gasteiger partial charge in [-0.2, -0.15) is 0 Å². The number of nitrogens with one attached hydrogen (secondary N) is 1. The van der Waals surface area contributed by atoms with Crippen molar-refractivity contribution in [2.45, 2.75) is 38.0 Å². The molecule has 0 saturated heterocycles. The zero-order valence-corrected chi connectivity index (χ0v) is 25.2. The van der Waals surface area contributed by atoms with Crippen molar-refractivity contribution in [3.8, 4) is 23.0 Å². The Morgan fingerprint density at radius 1 is 1.05 bits per heavy atom. The van der Waals surface area contributed by atoms with E-state index in [1.165, 1.54) is 0 Å². The minimum absolute atomic E-state index is 0.0713. The molecule has 10 heteroatoms. The summed E-state index contributed by atoms with van der Waals surface area (Å²) in [6.07, 6.45) is 0.324. The lowest BCUT2D eigenvalue weighted by Gasteiger charge is -2.28. The standard InChI is InChI=1S/C31H35BrN2O7/c1-20-31(18-23-8-5-6-9-25(23)32,34-29(41-20)22-10-12-24(13-11-22)40-15-7-14-35)30(36)33-19-21-16-26(37-2)28(39-4)27(17-21)38-3/h5-6,8-13,16-17,20,35H,7,14-15,18-19H2,1-4H3,(H,33,36)/t20-,31-/m1/s1. The van der Waals surface area contributed by atoms with E-state index >= 15 is 0 Å². The molecule has 3 aromatic rings. The number of benzene rings is 3. The first-order valence-electron chi connectivity index (χ1n) is 13.3. The average Bonchev–Trinajstić information content (AvgIpc) is 3.33. The molecule has 1 aliphatic heterocycles. The highest BCUT2D eigenvalue weighted by Crippen LogP contribution is 2.39. The molecule has 1 aliphatic rings. The van der Waals surface area contributed by atoms with Crippen LogP contribution in [0.2, 0.25) is 0 Å². The summed E-state index contributed by atoms with van der Waals surface area (Å²) >= 11 is 3.62. The summed E-state index contributed by atoms with van der Waals surface area (Å²) in [5, 5.41) is 12.0. The van der Waals surface area contributed by atoms with Gasteiger partial charge in [0.2, 0.25) is 11.6 Å². The number of carbonyl (C=O) groups is 1. The number of hydrogen-bond donors (Lipinski definition) is 2. The molecular weight excluding hydrogens is 592 g/mol. The molecule has 41 heavy (non-hydrogen) atoms. The minimum Gasteiger partial charge on any atom is -0.494 e. The molecule has 9 nitrogen and oxygen atoms in total. The van der Waals surface area contributed by atoms with Crippen LogP contribution >= 0.6 is 15.9 Å². The Kier molecular flexibility index (Phi) is 10.1. The zero-order chi connectivity index (χ0) is 29.4. The lowest BCUT2D eigenvalue weighted by Crippen LogP contribution is -2.52. The minimum atomic E-state index is -1.23. The molecule has 1 amide bonds. The van der Waals surface area contributed by atoms with Gasteiger partial charge < -0.3 is 34.1 Å². The Morgan fingerprint density at radius 2 is 1.73 bits per heavy atom. The molecule has 2 atom stereocenters. The first-order valence-corrected chi connectivity index (χ1v) is 14.1. The molecule has 0 spiro atoms. The van der Waals surface area contributed by atoms with E-state index in [1.54, 1.807) is 33.5 Å². The van der Waals surface area contributed by atoms with E-state index in [9.17, 15) is 4.79 Å². The van der Waals surface area contributed by atoms with Crippen LogP contribution in [0.4, 0.5) is 0 Å². The highest BCUT2D eigenvalue weighted by Gasteiger charge is 2.50. The van der Waals surface area contributed by atoms with Crippen molar-refractivity contribution in [1.82, 2.24) is 5.32 Å². The summed E-state index contributed by atoms with van der Waals surface area (Å²) in [4.78, 5) is 19.0. The summed E-state index contributed by atoms with van der Waals surface area (Å²) in [7, 11) is 4.64. The van der Waals surface area contributed by atoms with Crippen LogP contribution in [0.15, 0.2) is 70.1 Å². The van der Waals surface area contributed by atoms with Crippen LogP contribution in [-0.2, 0) is 22.5 Å². The fraction of sp³-hybridized carbons (Fsp3) is 0.355. The van der Waals surface area contributed by atoms with Gasteiger partial charge in [-0.1, -0.05) is 34.1 Å². The second-order valence-corrected chi connectivity index (χ2v) is 10.4. The third kappa shape index (κ3) is 6.77. The fourth-order valence-electron chi connectivity index (χ4n) is 4.65. The van der Waals surface area contributed by atoms with Crippen LogP contribution in [0.1, 0.15) is 30.0 Å². The van der Waals surface area contributed by atoms with Gasteiger partial charge in [0.15, 0.2) is 17.0 Å². The maximum Gasteiger partial charge on any atom is 0.252 e. The van der Waals surface area contributed by atoms with Crippen molar-refractivity contribution in [2.24, 2.45) is 4.99 Å². The first-order chi connectivity index (χ1) is 19.8. The van der Waals surface area contributed by atoms with Crippen molar-refractivity contribution in [3.05, 3.63) is 81.8 Å². The van der Waals surface area contributed by atoms with Crippen molar-refractivity contribution in [2.75, 3.05) is 34.5 Å². The molecule has 1 heterocycles. The zero-order valence-electron chi connectivity index (χ0n) is 23.6. The second kappa shape index (κ2) is 13.7. The van der Waals surface area contributed by atoms with Gasteiger partial charge >= 0.3 is 0 Å². The van der Waals surface area contributed by atoms with E-state index in [-0.39, 0.29) is 19.1 Å². The van der Waals surface area contributed by atoms with Crippen LogP contribution < -0.4 is 24.3 Å². The molecule has 4 rings (SSSR count). The third-order valence-electron chi connectivity index (χ3n) is 6.92. The summed E-state index contributed by atoms with van der Waals surface area (Å²) < 4.78 is 29.1. The van der Waals surface area contributed by atoms with Gasteiger partial charge in [-0.15, -0.1) is 0 Å². The molecule has 218 valence electrons. The number of ether oxygens (including phenoxy) is 5. The quantitative estimate of drug-likeness (QED) is 0.265. The Morgan fingerprint density at radius 3 is 2.34 bits per heavy atom. The Labute approximate surface area is 248 Å². The molecule has 3 aromatic carbocycles.